The van der Waals surface area contributed by atoms with Crippen LogP contribution in [-0.2, 0) is 0 Å². The van der Waals surface area contributed by atoms with Crippen LogP contribution in [0.15, 0.2) is 34.5 Å². The third-order valence-corrected chi connectivity index (χ3v) is 6.30. The van der Waals surface area contributed by atoms with Crippen LogP contribution in [0.3, 0.4) is 0 Å². The van der Waals surface area contributed by atoms with Gasteiger partial charge in [0.1, 0.15) is 17.0 Å². The van der Waals surface area contributed by atoms with Crippen molar-refractivity contribution in [2.75, 3.05) is 11.2 Å². The number of nitrogens with one attached hydrogen (secondary N) is 1. The molecule has 0 saturated heterocycles. The summed E-state index contributed by atoms with van der Waals surface area (Å²) in [5.74, 6) is 1.40. The summed E-state index contributed by atoms with van der Waals surface area (Å²) in [6, 6.07) is 4.87. The molecule has 0 fully saturated rings. The zero-order valence-electron chi connectivity index (χ0n) is 13.3. The van der Waals surface area contributed by atoms with Gasteiger partial charge in [-0.2, -0.15) is 5.10 Å². The van der Waals surface area contributed by atoms with Gasteiger partial charge >= 0.3 is 0 Å². The van der Waals surface area contributed by atoms with Crippen LogP contribution in [0.2, 0.25) is 0 Å². The van der Waals surface area contributed by atoms with Crippen LogP contribution in [-0.4, -0.2) is 21.4 Å². The Morgan fingerprint density at radius 1 is 1.25 bits per heavy atom. The number of hydrazone groups is 1. The number of thiophene rings is 1. The number of thioether (sulfide) groups is 1. The summed E-state index contributed by atoms with van der Waals surface area (Å²) in [4.78, 5) is 11.9. The maximum atomic E-state index is 13.6. The lowest BCUT2D eigenvalue weighted by atomic mass is 10.1. The Balaban J connectivity index is 1.74. The zero-order chi connectivity index (χ0) is 16.7. The molecule has 0 aliphatic carbocycles. The van der Waals surface area contributed by atoms with E-state index in [2.05, 4.69) is 34.3 Å². The first kappa shape index (κ1) is 15.5. The Hall–Kier alpha value is -1.99. The molecular weight excluding hydrogens is 343 g/mol. The van der Waals surface area contributed by atoms with Gasteiger partial charge in [0.15, 0.2) is 5.82 Å². The molecule has 0 spiro atoms. The van der Waals surface area contributed by atoms with Gasteiger partial charge in [0.05, 0.1) is 11.1 Å². The molecule has 4 rings (SSSR count). The third kappa shape index (κ3) is 2.67. The summed E-state index contributed by atoms with van der Waals surface area (Å²) in [6.07, 6.45) is 2.34. The molecule has 7 heteroatoms. The molecule has 1 aromatic carbocycles. The molecule has 3 aromatic rings. The molecule has 2 aromatic heterocycles. The highest BCUT2D eigenvalue weighted by Gasteiger charge is 2.18. The minimum Gasteiger partial charge on any atom is -0.260 e. The summed E-state index contributed by atoms with van der Waals surface area (Å²) < 4.78 is 13.6. The van der Waals surface area contributed by atoms with Gasteiger partial charge in [0.2, 0.25) is 0 Å². The number of rotatable bonds is 2. The van der Waals surface area contributed by atoms with Crippen LogP contribution in [0, 0.1) is 19.7 Å². The van der Waals surface area contributed by atoms with Crippen molar-refractivity contribution >= 4 is 44.8 Å². The first-order chi connectivity index (χ1) is 11.6. The van der Waals surface area contributed by atoms with Crippen LogP contribution in [0.5, 0.6) is 0 Å². The second-order valence-electron chi connectivity index (χ2n) is 5.59. The van der Waals surface area contributed by atoms with Gasteiger partial charge < -0.3 is 0 Å². The van der Waals surface area contributed by atoms with Crippen LogP contribution >= 0.6 is 23.1 Å². The van der Waals surface area contributed by atoms with E-state index in [9.17, 15) is 4.39 Å². The lowest BCUT2D eigenvalue weighted by Crippen LogP contribution is -2.12. The van der Waals surface area contributed by atoms with E-state index < -0.39 is 0 Å². The molecule has 4 nitrogen and oxygen atoms in total. The second kappa shape index (κ2) is 6.14. The lowest BCUT2D eigenvalue weighted by molar-refractivity contribution is 0.626. The monoisotopic (exact) mass is 358 g/mol. The normalized spacial score (nSPS) is 15.7. The molecule has 0 unspecified atom stereocenters. The van der Waals surface area contributed by atoms with E-state index >= 15 is 0 Å². The van der Waals surface area contributed by atoms with Crippen molar-refractivity contribution in [3.8, 4) is 0 Å². The van der Waals surface area contributed by atoms with Crippen molar-refractivity contribution in [2.45, 2.75) is 25.2 Å². The largest absolute Gasteiger partial charge is 0.260 e. The molecule has 3 heterocycles. The fraction of sp³-hybridized carbons (Fsp3) is 0.235. The third-order valence-electron chi connectivity index (χ3n) is 4.11. The smallest absolute Gasteiger partial charge is 0.158 e. The van der Waals surface area contributed by atoms with Crippen LogP contribution in [0.1, 0.15) is 22.4 Å². The fourth-order valence-electron chi connectivity index (χ4n) is 2.75. The fourth-order valence-corrected chi connectivity index (χ4v) is 4.76. The average Bonchev–Trinajstić information content (AvgIpc) is 2.88. The van der Waals surface area contributed by atoms with Crippen molar-refractivity contribution in [3.05, 3.63) is 46.3 Å². The summed E-state index contributed by atoms with van der Waals surface area (Å²) in [6.45, 7) is 4.15. The SMILES string of the molecule is Cc1sc2ncnc(NN=C3CCSc4ccc(F)cc43)c2c1C. The Morgan fingerprint density at radius 3 is 3.00 bits per heavy atom. The summed E-state index contributed by atoms with van der Waals surface area (Å²) >= 11 is 3.38. The standard InChI is InChI=1S/C17H15FN4S2/c1-9-10(2)24-17-15(9)16(19-8-20-17)22-21-13-5-6-23-14-4-3-11(18)7-12(13)14/h3-4,7-8H,5-6H2,1-2H3,(H,19,20,22). The number of aromatic nitrogens is 2. The minimum absolute atomic E-state index is 0.238. The number of hydrogen-bond acceptors (Lipinski definition) is 6. The van der Waals surface area contributed by atoms with Gasteiger partial charge in [-0.05, 0) is 37.6 Å². The molecule has 0 atom stereocenters. The topological polar surface area (TPSA) is 50.2 Å². The Morgan fingerprint density at radius 2 is 2.12 bits per heavy atom. The van der Waals surface area contributed by atoms with Crippen molar-refractivity contribution in [2.24, 2.45) is 5.10 Å². The van der Waals surface area contributed by atoms with E-state index in [1.165, 1.54) is 16.5 Å². The van der Waals surface area contributed by atoms with Crippen molar-refractivity contribution in [1.29, 1.82) is 0 Å². The Kier molecular flexibility index (Phi) is 3.97. The highest BCUT2D eigenvalue weighted by Crippen LogP contribution is 2.33. The molecule has 1 aliphatic rings. The first-order valence-electron chi connectivity index (χ1n) is 7.59. The molecule has 0 bridgehead atoms. The summed E-state index contributed by atoms with van der Waals surface area (Å²) in [5, 5.41) is 5.55. The zero-order valence-corrected chi connectivity index (χ0v) is 14.9. The van der Waals surface area contributed by atoms with E-state index in [-0.39, 0.29) is 5.82 Å². The molecule has 1 N–H and O–H groups in total. The van der Waals surface area contributed by atoms with E-state index in [0.717, 1.165) is 38.6 Å². The van der Waals surface area contributed by atoms with Crippen LogP contribution in [0.4, 0.5) is 10.2 Å². The van der Waals surface area contributed by atoms with Gasteiger partial charge in [-0.15, -0.1) is 23.1 Å². The number of halogens is 1. The molecule has 0 saturated carbocycles. The highest BCUT2D eigenvalue weighted by molar-refractivity contribution is 7.99. The molecule has 1 aliphatic heterocycles. The van der Waals surface area contributed by atoms with Crippen molar-refractivity contribution < 1.29 is 4.39 Å². The number of nitrogens with zero attached hydrogens (tertiary/aromatic N) is 3. The first-order valence-corrected chi connectivity index (χ1v) is 9.39. The lowest BCUT2D eigenvalue weighted by Gasteiger charge is -2.17. The minimum atomic E-state index is -0.238. The maximum absolute atomic E-state index is 13.6. The van der Waals surface area contributed by atoms with Gasteiger partial charge in [-0.25, -0.2) is 14.4 Å². The van der Waals surface area contributed by atoms with Crippen LogP contribution in [0.25, 0.3) is 10.2 Å². The van der Waals surface area contributed by atoms with Crippen molar-refractivity contribution in [1.82, 2.24) is 9.97 Å². The Labute approximate surface area is 147 Å². The predicted octanol–water partition coefficient (Wildman–Crippen LogP) is 4.76. The number of anilines is 1. The number of fused-ring (bicyclic) bond motifs is 2. The molecule has 122 valence electrons. The summed E-state index contributed by atoms with van der Waals surface area (Å²) in [5.41, 5.74) is 5.98. The van der Waals surface area contributed by atoms with Gasteiger partial charge in [0, 0.05) is 27.5 Å². The average molecular weight is 358 g/mol. The molecule has 24 heavy (non-hydrogen) atoms. The maximum Gasteiger partial charge on any atom is 0.158 e. The van der Waals surface area contributed by atoms with Gasteiger partial charge in [-0.1, -0.05) is 0 Å². The Bertz CT molecular complexity index is 965. The van der Waals surface area contributed by atoms with Gasteiger partial charge in [0.25, 0.3) is 0 Å². The number of benzene rings is 1. The van der Waals surface area contributed by atoms with Gasteiger partial charge in [-0.3, -0.25) is 5.43 Å². The highest BCUT2D eigenvalue weighted by atomic mass is 32.2. The molecule has 0 radical (unpaired) electrons. The van der Waals surface area contributed by atoms with Crippen LogP contribution < -0.4 is 5.43 Å². The van der Waals surface area contributed by atoms with E-state index in [1.54, 1.807) is 35.5 Å². The van der Waals surface area contributed by atoms with E-state index in [0.29, 0.717) is 5.82 Å². The quantitative estimate of drug-likeness (QED) is 0.671. The number of hydrogen-bond donors (Lipinski definition) is 1. The van der Waals surface area contributed by atoms with Crippen molar-refractivity contribution in [3.63, 3.8) is 0 Å². The van der Waals surface area contributed by atoms with E-state index in [4.69, 9.17) is 0 Å². The second-order valence-corrected chi connectivity index (χ2v) is 7.93. The number of aryl methyl sites for hydroxylation is 2. The molecular formula is C17H15FN4S2. The predicted molar refractivity (Wildman–Crippen MR) is 98.8 cm³/mol. The molecule has 0 amide bonds. The summed E-state index contributed by atoms with van der Waals surface area (Å²) in [7, 11) is 0. The van der Waals surface area contributed by atoms with E-state index in [1.807, 2.05) is 6.07 Å².